The summed E-state index contributed by atoms with van der Waals surface area (Å²) in [5, 5.41) is 4.87. The Morgan fingerprint density at radius 2 is 2.19 bits per heavy atom. The topological polar surface area (TPSA) is 96.2 Å². The van der Waals surface area contributed by atoms with Crippen molar-refractivity contribution in [3.05, 3.63) is 40.2 Å². The Morgan fingerprint density at radius 3 is 2.76 bits per heavy atom. The highest BCUT2D eigenvalue weighted by Gasteiger charge is 2.17. The number of primary amides is 1. The van der Waals surface area contributed by atoms with Crippen molar-refractivity contribution in [2.24, 2.45) is 12.8 Å². The summed E-state index contributed by atoms with van der Waals surface area (Å²) < 4.78 is 7.32. The van der Waals surface area contributed by atoms with Gasteiger partial charge in [-0.1, -0.05) is 24.6 Å². The lowest BCUT2D eigenvalue weighted by molar-refractivity contribution is 0.0996. The Labute approximate surface area is 127 Å². The van der Waals surface area contributed by atoms with Crippen LogP contribution in [0.1, 0.15) is 28.7 Å². The molecule has 0 aliphatic carbocycles. The van der Waals surface area contributed by atoms with Crippen LogP contribution in [0.5, 0.6) is 5.75 Å². The first kappa shape index (κ1) is 15.2. The maximum absolute atomic E-state index is 11.4. The van der Waals surface area contributed by atoms with Gasteiger partial charge in [0.1, 0.15) is 6.61 Å². The van der Waals surface area contributed by atoms with Crippen LogP contribution in [0.3, 0.4) is 0 Å². The summed E-state index contributed by atoms with van der Waals surface area (Å²) in [5.41, 5.74) is 13.3. The normalized spacial score (nSPS) is 10.6. The number of nitrogens with two attached hydrogens (primary N) is 2. The lowest BCUT2D eigenvalue weighted by Crippen LogP contribution is -2.14. The fourth-order valence-electron chi connectivity index (χ4n) is 2.03. The molecule has 112 valence electrons. The number of carbonyl (C=O) groups is 1. The molecule has 0 fully saturated rings. The number of hydrogen-bond acceptors (Lipinski definition) is 4. The lowest BCUT2D eigenvalue weighted by atomic mass is 10.1. The van der Waals surface area contributed by atoms with Crippen LogP contribution in [0.2, 0.25) is 5.02 Å². The molecular weight excluding hydrogens is 292 g/mol. The molecule has 21 heavy (non-hydrogen) atoms. The van der Waals surface area contributed by atoms with Gasteiger partial charge in [0.05, 0.1) is 27.7 Å². The molecular formula is C14H17ClN4O2. The molecule has 0 radical (unpaired) electrons. The van der Waals surface area contributed by atoms with Gasteiger partial charge in [-0.15, -0.1) is 0 Å². The Balaban J connectivity index is 2.29. The van der Waals surface area contributed by atoms with Crippen molar-refractivity contribution < 1.29 is 9.53 Å². The number of hydrogen-bond donors (Lipinski definition) is 2. The molecule has 0 atom stereocenters. The van der Waals surface area contributed by atoms with E-state index in [-0.39, 0.29) is 17.9 Å². The summed E-state index contributed by atoms with van der Waals surface area (Å²) in [6.07, 6.45) is 0.729. The standard InChI is InChI=1S/C14H17ClN4O2/c1-3-10-12(15)11(19(2)18-10)7-21-13-8(14(17)20)5-4-6-9(13)16/h4-6H,3,7,16H2,1-2H3,(H2,17,20). The number of anilines is 1. The molecule has 0 saturated carbocycles. The number of halogens is 1. The van der Waals surface area contributed by atoms with Crippen LogP contribution in [0.15, 0.2) is 18.2 Å². The Kier molecular flexibility index (Phi) is 4.37. The Bertz CT molecular complexity index is 682. The quantitative estimate of drug-likeness (QED) is 0.824. The van der Waals surface area contributed by atoms with E-state index in [0.717, 1.165) is 12.1 Å². The molecule has 0 unspecified atom stereocenters. The minimum Gasteiger partial charge on any atom is -0.484 e. The SMILES string of the molecule is CCc1nn(C)c(COc2c(N)cccc2C(N)=O)c1Cl. The number of para-hydroxylation sites is 1. The zero-order valence-electron chi connectivity index (χ0n) is 11.9. The van der Waals surface area contributed by atoms with E-state index < -0.39 is 5.91 Å². The molecule has 1 heterocycles. The number of aryl methyl sites for hydroxylation is 2. The minimum absolute atomic E-state index is 0.150. The molecule has 2 rings (SSSR count). The summed E-state index contributed by atoms with van der Waals surface area (Å²) >= 11 is 6.25. The van der Waals surface area contributed by atoms with Crippen molar-refractivity contribution >= 4 is 23.2 Å². The number of carbonyl (C=O) groups excluding carboxylic acids is 1. The Hall–Kier alpha value is -2.21. The maximum Gasteiger partial charge on any atom is 0.252 e. The number of nitrogen functional groups attached to an aromatic ring is 1. The number of amides is 1. The van der Waals surface area contributed by atoms with Crippen LogP contribution in [0, 0.1) is 0 Å². The third kappa shape index (κ3) is 2.95. The number of benzene rings is 1. The molecule has 6 nitrogen and oxygen atoms in total. The molecule has 7 heteroatoms. The van der Waals surface area contributed by atoms with Crippen molar-refractivity contribution in [3.8, 4) is 5.75 Å². The van der Waals surface area contributed by atoms with E-state index >= 15 is 0 Å². The van der Waals surface area contributed by atoms with Crippen molar-refractivity contribution in [3.63, 3.8) is 0 Å². The molecule has 0 spiro atoms. The summed E-state index contributed by atoms with van der Waals surface area (Å²) in [7, 11) is 1.78. The van der Waals surface area contributed by atoms with Crippen LogP contribution in [0.4, 0.5) is 5.69 Å². The van der Waals surface area contributed by atoms with Crippen LogP contribution in [-0.2, 0) is 20.1 Å². The second-order valence-corrected chi connectivity index (χ2v) is 4.94. The monoisotopic (exact) mass is 308 g/mol. The van der Waals surface area contributed by atoms with Crippen LogP contribution < -0.4 is 16.2 Å². The number of ether oxygens (including phenoxy) is 1. The van der Waals surface area contributed by atoms with Gasteiger partial charge in [0, 0.05) is 7.05 Å². The smallest absolute Gasteiger partial charge is 0.252 e. The Morgan fingerprint density at radius 1 is 1.48 bits per heavy atom. The average molecular weight is 309 g/mol. The van der Waals surface area contributed by atoms with Gasteiger partial charge in [0.25, 0.3) is 5.91 Å². The first-order chi connectivity index (χ1) is 9.95. The third-order valence-electron chi connectivity index (χ3n) is 3.17. The second-order valence-electron chi connectivity index (χ2n) is 4.56. The predicted molar refractivity (Wildman–Crippen MR) is 81.3 cm³/mol. The fraction of sp³-hybridized carbons (Fsp3) is 0.286. The van der Waals surface area contributed by atoms with E-state index in [0.29, 0.717) is 16.4 Å². The predicted octanol–water partition coefficient (Wildman–Crippen LogP) is 1.90. The van der Waals surface area contributed by atoms with Crippen molar-refractivity contribution in [1.29, 1.82) is 0 Å². The van der Waals surface area contributed by atoms with Gasteiger partial charge in [-0.2, -0.15) is 5.10 Å². The first-order valence-electron chi connectivity index (χ1n) is 6.47. The van der Waals surface area contributed by atoms with E-state index in [4.69, 9.17) is 27.8 Å². The van der Waals surface area contributed by atoms with Crippen molar-refractivity contribution in [2.45, 2.75) is 20.0 Å². The third-order valence-corrected chi connectivity index (χ3v) is 3.60. The molecule has 0 bridgehead atoms. The summed E-state index contributed by atoms with van der Waals surface area (Å²) in [6.45, 7) is 2.12. The number of nitrogens with zero attached hydrogens (tertiary/aromatic N) is 2. The largest absolute Gasteiger partial charge is 0.484 e. The van der Waals surface area contributed by atoms with E-state index in [9.17, 15) is 4.79 Å². The average Bonchev–Trinajstić information content (AvgIpc) is 2.72. The lowest BCUT2D eigenvalue weighted by Gasteiger charge is -2.12. The molecule has 0 saturated heterocycles. The summed E-state index contributed by atoms with van der Waals surface area (Å²) in [5.74, 6) is -0.331. The maximum atomic E-state index is 11.4. The molecule has 1 aromatic heterocycles. The minimum atomic E-state index is -0.595. The fourth-order valence-corrected chi connectivity index (χ4v) is 2.38. The van der Waals surface area contributed by atoms with Crippen molar-refractivity contribution in [1.82, 2.24) is 9.78 Å². The molecule has 2 aromatic rings. The zero-order chi connectivity index (χ0) is 15.6. The van der Waals surface area contributed by atoms with E-state index in [1.807, 2.05) is 6.92 Å². The highest BCUT2D eigenvalue weighted by atomic mass is 35.5. The number of aromatic nitrogens is 2. The van der Waals surface area contributed by atoms with Gasteiger partial charge >= 0.3 is 0 Å². The van der Waals surface area contributed by atoms with E-state index in [2.05, 4.69) is 5.10 Å². The van der Waals surface area contributed by atoms with Gasteiger partial charge in [0.15, 0.2) is 5.75 Å². The van der Waals surface area contributed by atoms with Gasteiger partial charge in [-0.05, 0) is 18.6 Å². The zero-order valence-corrected chi connectivity index (χ0v) is 12.6. The van der Waals surface area contributed by atoms with Crippen LogP contribution in [0.25, 0.3) is 0 Å². The first-order valence-corrected chi connectivity index (χ1v) is 6.84. The van der Waals surface area contributed by atoms with Gasteiger partial charge in [0.2, 0.25) is 0 Å². The molecule has 1 aromatic carbocycles. The van der Waals surface area contributed by atoms with Gasteiger partial charge in [-0.25, -0.2) is 0 Å². The molecule has 0 aliphatic rings. The van der Waals surface area contributed by atoms with E-state index in [1.54, 1.807) is 29.9 Å². The molecule has 0 aliphatic heterocycles. The van der Waals surface area contributed by atoms with Gasteiger partial charge in [-0.3, -0.25) is 9.48 Å². The molecule has 1 amide bonds. The van der Waals surface area contributed by atoms with Gasteiger partial charge < -0.3 is 16.2 Å². The van der Waals surface area contributed by atoms with Crippen LogP contribution >= 0.6 is 11.6 Å². The highest BCUT2D eigenvalue weighted by Crippen LogP contribution is 2.28. The highest BCUT2D eigenvalue weighted by molar-refractivity contribution is 6.31. The van der Waals surface area contributed by atoms with Crippen LogP contribution in [-0.4, -0.2) is 15.7 Å². The van der Waals surface area contributed by atoms with E-state index in [1.165, 1.54) is 0 Å². The molecule has 4 N–H and O–H groups in total. The summed E-state index contributed by atoms with van der Waals surface area (Å²) in [4.78, 5) is 11.4. The van der Waals surface area contributed by atoms with Crippen molar-refractivity contribution in [2.75, 3.05) is 5.73 Å². The summed E-state index contributed by atoms with van der Waals surface area (Å²) in [6, 6.07) is 4.86. The second kappa shape index (κ2) is 6.05. The number of rotatable bonds is 5.